The quantitative estimate of drug-likeness (QED) is 0.557. The molecule has 1 fully saturated rings. The Morgan fingerprint density at radius 1 is 1.27 bits per heavy atom. The van der Waals surface area contributed by atoms with E-state index in [2.05, 4.69) is 50.3 Å². The predicted molar refractivity (Wildman–Crippen MR) is 101 cm³/mol. The monoisotopic (exact) mass is 433 g/mol. The standard InChI is InChI=1S/C18H16BrN3O3S/c1-26-13-4-2-11(3-5-13)9-22-10-12(8-16(22)23)17-20-18(25-21-17)14-6-7-15(19)24-14/h2-7,12H,8-10H2,1H3. The third-order valence-corrected chi connectivity index (χ3v) is 5.51. The van der Waals surface area contributed by atoms with Crippen LogP contribution in [-0.2, 0) is 11.3 Å². The minimum absolute atomic E-state index is 0.0659. The average Bonchev–Trinajstić information content (AvgIpc) is 3.36. The summed E-state index contributed by atoms with van der Waals surface area (Å²) in [5.41, 5.74) is 1.12. The second-order valence-electron chi connectivity index (χ2n) is 6.08. The fourth-order valence-electron chi connectivity index (χ4n) is 2.98. The summed E-state index contributed by atoms with van der Waals surface area (Å²) in [4.78, 5) is 19.8. The number of benzene rings is 1. The molecule has 0 radical (unpaired) electrons. The summed E-state index contributed by atoms with van der Waals surface area (Å²) < 4.78 is 11.3. The summed E-state index contributed by atoms with van der Waals surface area (Å²) in [5.74, 6) is 1.41. The second kappa shape index (κ2) is 7.28. The summed E-state index contributed by atoms with van der Waals surface area (Å²) >= 11 is 4.95. The van der Waals surface area contributed by atoms with E-state index in [0.29, 0.717) is 41.7 Å². The molecule has 1 amide bonds. The van der Waals surface area contributed by atoms with Gasteiger partial charge in [-0.2, -0.15) is 4.98 Å². The molecule has 1 aliphatic heterocycles. The molecule has 6 nitrogen and oxygen atoms in total. The van der Waals surface area contributed by atoms with Crippen LogP contribution in [0.4, 0.5) is 0 Å². The normalized spacial score (nSPS) is 17.2. The van der Waals surface area contributed by atoms with Crippen LogP contribution in [0.5, 0.6) is 0 Å². The van der Waals surface area contributed by atoms with Crippen molar-refractivity contribution in [2.75, 3.05) is 12.8 Å². The molecule has 1 aromatic carbocycles. The highest BCUT2D eigenvalue weighted by atomic mass is 79.9. The lowest BCUT2D eigenvalue weighted by molar-refractivity contribution is -0.128. The number of amides is 1. The minimum atomic E-state index is -0.0659. The smallest absolute Gasteiger partial charge is 0.293 e. The summed E-state index contributed by atoms with van der Waals surface area (Å²) in [5, 5.41) is 4.04. The van der Waals surface area contributed by atoms with Gasteiger partial charge in [0.15, 0.2) is 16.3 Å². The van der Waals surface area contributed by atoms with Gasteiger partial charge in [0.2, 0.25) is 5.91 Å². The van der Waals surface area contributed by atoms with Gasteiger partial charge in [-0.3, -0.25) is 4.79 Å². The van der Waals surface area contributed by atoms with Crippen LogP contribution in [0.2, 0.25) is 0 Å². The number of likely N-dealkylation sites (tertiary alicyclic amines) is 1. The zero-order valence-electron chi connectivity index (χ0n) is 14.0. The molecule has 0 saturated carbocycles. The van der Waals surface area contributed by atoms with E-state index in [1.807, 2.05) is 11.2 Å². The Morgan fingerprint density at radius 3 is 2.77 bits per heavy atom. The Bertz CT molecular complexity index is 922. The van der Waals surface area contributed by atoms with Crippen LogP contribution in [0.15, 0.2) is 54.9 Å². The van der Waals surface area contributed by atoms with Gasteiger partial charge in [0.1, 0.15) is 0 Å². The molecule has 26 heavy (non-hydrogen) atoms. The lowest BCUT2D eigenvalue weighted by Crippen LogP contribution is -2.24. The van der Waals surface area contributed by atoms with Crippen LogP contribution in [0, 0.1) is 0 Å². The molecule has 8 heteroatoms. The number of furan rings is 1. The van der Waals surface area contributed by atoms with Crippen molar-refractivity contribution in [3.05, 3.63) is 52.5 Å². The second-order valence-corrected chi connectivity index (χ2v) is 7.75. The SMILES string of the molecule is CSc1ccc(CN2CC(c3noc(-c4ccc(Br)o4)n3)CC2=O)cc1. The molecule has 4 rings (SSSR count). The molecular formula is C18H16BrN3O3S. The maximum absolute atomic E-state index is 12.4. The van der Waals surface area contributed by atoms with E-state index in [4.69, 9.17) is 8.94 Å². The van der Waals surface area contributed by atoms with Gasteiger partial charge in [-0.05, 0) is 52.0 Å². The van der Waals surface area contributed by atoms with Gasteiger partial charge in [0.05, 0.1) is 0 Å². The van der Waals surface area contributed by atoms with Crippen molar-refractivity contribution >= 4 is 33.6 Å². The van der Waals surface area contributed by atoms with Crippen molar-refractivity contribution in [1.29, 1.82) is 0 Å². The molecule has 1 atom stereocenters. The molecular weight excluding hydrogens is 418 g/mol. The summed E-state index contributed by atoms with van der Waals surface area (Å²) in [6.45, 7) is 1.18. The first-order valence-corrected chi connectivity index (χ1v) is 10.1. The zero-order chi connectivity index (χ0) is 18.1. The molecule has 1 aliphatic rings. The van der Waals surface area contributed by atoms with Crippen LogP contribution >= 0.6 is 27.7 Å². The molecule has 0 N–H and O–H groups in total. The highest BCUT2D eigenvalue weighted by Gasteiger charge is 2.34. The molecule has 3 aromatic rings. The number of thioether (sulfide) groups is 1. The van der Waals surface area contributed by atoms with Gasteiger partial charge in [-0.1, -0.05) is 17.3 Å². The van der Waals surface area contributed by atoms with Crippen molar-refractivity contribution in [3.8, 4) is 11.7 Å². The lowest BCUT2D eigenvalue weighted by atomic mass is 10.1. The predicted octanol–water partition coefficient (Wildman–Crippen LogP) is 4.33. The molecule has 0 bridgehead atoms. The van der Waals surface area contributed by atoms with E-state index >= 15 is 0 Å². The zero-order valence-corrected chi connectivity index (χ0v) is 16.4. The molecule has 0 spiro atoms. The molecule has 3 heterocycles. The Kier molecular flexibility index (Phi) is 4.86. The van der Waals surface area contributed by atoms with Crippen LogP contribution in [0.25, 0.3) is 11.7 Å². The van der Waals surface area contributed by atoms with Crippen molar-refractivity contribution in [1.82, 2.24) is 15.0 Å². The fourth-order valence-corrected chi connectivity index (χ4v) is 3.69. The highest BCUT2D eigenvalue weighted by Crippen LogP contribution is 2.30. The number of halogens is 1. The Balaban J connectivity index is 1.45. The number of carbonyl (C=O) groups is 1. The van der Waals surface area contributed by atoms with Gasteiger partial charge in [-0.25, -0.2) is 0 Å². The van der Waals surface area contributed by atoms with Crippen LogP contribution in [0.3, 0.4) is 0 Å². The third-order valence-electron chi connectivity index (χ3n) is 4.34. The van der Waals surface area contributed by atoms with Gasteiger partial charge in [-0.15, -0.1) is 11.8 Å². The maximum atomic E-state index is 12.4. The van der Waals surface area contributed by atoms with Gasteiger partial charge < -0.3 is 13.8 Å². The topological polar surface area (TPSA) is 72.4 Å². The van der Waals surface area contributed by atoms with E-state index in [-0.39, 0.29) is 11.8 Å². The maximum Gasteiger partial charge on any atom is 0.293 e. The van der Waals surface area contributed by atoms with Crippen molar-refractivity contribution in [2.24, 2.45) is 0 Å². The van der Waals surface area contributed by atoms with E-state index in [1.165, 1.54) is 4.90 Å². The van der Waals surface area contributed by atoms with E-state index < -0.39 is 0 Å². The number of carbonyl (C=O) groups excluding carboxylic acids is 1. The number of rotatable bonds is 5. The van der Waals surface area contributed by atoms with Crippen LogP contribution in [0.1, 0.15) is 23.7 Å². The summed E-state index contributed by atoms with van der Waals surface area (Å²) in [7, 11) is 0. The molecule has 134 valence electrons. The first-order valence-electron chi connectivity index (χ1n) is 8.12. The van der Waals surface area contributed by atoms with Gasteiger partial charge in [0.25, 0.3) is 5.89 Å². The largest absolute Gasteiger partial charge is 0.444 e. The van der Waals surface area contributed by atoms with Gasteiger partial charge in [0, 0.05) is 30.3 Å². The Hall–Kier alpha value is -2.06. The first-order chi connectivity index (χ1) is 12.6. The fraction of sp³-hybridized carbons (Fsp3) is 0.278. The molecule has 0 aliphatic carbocycles. The number of hydrogen-bond acceptors (Lipinski definition) is 6. The number of aromatic nitrogens is 2. The Morgan fingerprint density at radius 2 is 2.08 bits per heavy atom. The van der Waals surface area contributed by atoms with Crippen molar-refractivity contribution in [2.45, 2.75) is 23.8 Å². The molecule has 1 saturated heterocycles. The van der Waals surface area contributed by atoms with E-state index in [9.17, 15) is 4.79 Å². The number of hydrogen-bond donors (Lipinski definition) is 0. The van der Waals surface area contributed by atoms with E-state index in [1.54, 1.807) is 23.9 Å². The van der Waals surface area contributed by atoms with Crippen molar-refractivity contribution in [3.63, 3.8) is 0 Å². The minimum Gasteiger partial charge on any atom is -0.444 e. The van der Waals surface area contributed by atoms with Crippen LogP contribution < -0.4 is 0 Å². The van der Waals surface area contributed by atoms with Gasteiger partial charge >= 0.3 is 0 Å². The summed E-state index contributed by atoms with van der Waals surface area (Å²) in [6.07, 6.45) is 2.44. The van der Waals surface area contributed by atoms with Crippen LogP contribution in [-0.4, -0.2) is 33.7 Å². The van der Waals surface area contributed by atoms with Crippen molar-refractivity contribution < 1.29 is 13.7 Å². The number of nitrogens with zero attached hydrogens (tertiary/aromatic N) is 3. The molecule has 1 unspecified atom stereocenters. The van der Waals surface area contributed by atoms with E-state index in [0.717, 1.165) is 5.56 Å². The summed E-state index contributed by atoms with van der Waals surface area (Å²) in [6, 6.07) is 11.8. The lowest BCUT2D eigenvalue weighted by Gasteiger charge is -2.16. The Labute approximate surface area is 163 Å². The highest BCUT2D eigenvalue weighted by molar-refractivity contribution is 9.10. The third kappa shape index (κ3) is 3.57. The molecule has 2 aromatic heterocycles. The average molecular weight is 434 g/mol. The first kappa shape index (κ1) is 17.4.